The number of rotatable bonds is 3. The van der Waals surface area contributed by atoms with E-state index in [1.807, 2.05) is 31.2 Å². The van der Waals surface area contributed by atoms with Gasteiger partial charge in [0.1, 0.15) is 5.82 Å². The lowest BCUT2D eigenvalue weighted by molar-refractivity contribution is 0.624. The summed E-state index contributed by atoms with van der Waals surface area (Å²) in [4.78, 5) is 4.22. The topological polar surface area (TPSA) is 50.4 Å². The van der Waals surface area contributed by atoms with E-state index in [-0.39, 0.29) is 29.8 Å². The SMILES string of the molecule is Cc1ccc(NC(N)=NCc2cc(F)cc(Br)c2)cc1C.I. The Hall–Kier alpha value is -1.15. The second-order valence-corrected chi connectivity index (χ2v) is 5.82. The van der Waals surface area contributed by atoms with Crippen LogP contribution in [0.3, 0.4) is 0 Å². The number of nitrogens with two attached hydrogens (primary N) is 1. The molecule has 3 N–H and O–H groups in total. The van der Waals surface area contributed by atoms with Crippen molar-refractivity contribution in [3.8, 4) is 0 Å². The highest BCUT2D eigenvalue weighted by molar-refractivity contribution is 14.0. The molecule has 2 rings (SSSR count). The van der Waals surface area contributed by atoms with Gasteiger partial charge in [-0.15, -0.1) is 24.0 Å². The number of hydrogen-bond donors (Lipinski definition) is 2. The van der Waals surface area contributed by atoms with Crippen LogP contribution in [0.25, 0.3) is 0 Å². The van der Waals surface area contributed by atoms with Gasteiger partial charge in [0.05, 0.1) is 6.54 Å². The van der Waals surface area contributed by atoms with Crippen molar-refractivity contribution >= 4 is 51.6 Å². The van der Waals surface area contributed by atoms with Gasteiger partial charge in [0.25, 0.3) is 0 Å². The van der Waals surface area contributed by atoms with Crippen molar-refractivity contribution in [2.75, 3.05) is 5.32 Å². The van der Waals surface area contributed by atoms with Crippen molar-refractivity contribution in [2.24, 2.45) is 10.7 Å². The Morgan fingerprint density at radius 3 is 2.55 bits per heavy atom. The second-order valence-electron chi connectivity index (χ2n) is 4.90. The van der Waals surface area contributed by atoms with Crippen molar-refractivity contribution < 1.29 is 4.39 Å². The molecule has 0 bridgehead atoms. The van der Waals surface area contributed by atoms with Crippen LogP contribution in [0.2, 0.25) is 0 Å². The van der Waals surface area contributed by atoms with Gasteiger partial charge in [-0.1, -0.05) is 22.0 Å². The van der Waals surface area contributed by atoms with Crippen molar-refractivity contribution in [2.45, 2.75) is 20.4 Å². The summed E-state index contributed by atoms with van der Waals surface area (Å²) < 4.78 is 13.9. The van der Waals surface area contributed by atoms with Crippen LogP contribution in [0.1, 0.15) is 16.7 Å². The Labute approximate surface area is 155 Å². The number of nitrogens with one attached hydrogen (secondary N) is 1. The van der Waals surface area contributed by atoms with Crippen molar-refractivity contribution in [1.29, 1.82) is 0 Å². The first kappa shape index (κ1) is 18.9. The van der Waals surface area contributed by atoms with Gasteiger partial charge in [0, 0.05) is 10.2 Å². The van der Waals surface area contributed by atoms with Crippen molar-refractivity contribution in [3.63, 3.8) is 0 Å². The molecule has 0 saturated heterocycles. The average Bonchev–Trinajstić information content (AvgIpc) is 2.40. The van der Waals surface area contributed by atoms with E-state index in [2.05, 4.69) is 33.2 Å². The maximum absolute atomic E-state index is 13.3. The van der Waals surface area contributed by atoms with Gasteiger partial charge >= 0.3 is 0 Å². The Kier molecular flexibility index (Phi) is 7.28. The zero-order valence-corrected chi connectivity index (χ0v) is 16.3. The molecular weight excluding hydrogens is 460 g/mol. The summed E-state index contributed by atoms with van der Waals surface area (Å²) >= 11 is 3.25. The monoisotopic (exact) mass is 477 g/mol. The van der Waals surface area contributed by atoms with Gasteiger partial charge in [0.2, 0.25) is 0 Å². The molecule has 22 heavy (non-hydrogen) atoms. The van der Waals surface area contributed by atoms with Crippen LogP contribution in [0, 0.1) is 19.7 Å². The van der Waals surface area contributed by atoms with Gasteiger partial charge < -0.3 is 11.1 Å². The summed E-state index contributed by atoms with van der Waals surface area (Å²) in [5, 5.41) is 3.03. The summed E-state index contributed by atoms with van der Waals surface area (Å²) in [5.41, 5.74) is 9.90. The van der Waals surface area contributed by atoms with E-state index in [1.165, 1.54) is 23.3 Å². The molecule has 3 nitrogen and oxygen atoms in total. The van der Waals surface area contributed by atoms with E-state index in [1.54, 1.807) is 0 Å². The minimum atomic E-state index is -0.296. The van der Waals surface area contributed by atoms with Gasteiger partial charge in [0.15, 0.2) is 5.96 Å². The molecule has 0 aliphatic carbocycles. The molecule has 0 radical (unpaired) electrons. The first-order chi connectivity index (χ1) is 9.94. The molecule has 6 heteroatoms. The average molecular weight is 478 g/mol. The second kappa shape index (κ2) is 8.47. The smallest absolute Gasteiger partial charge is 0.193 e. The van der Waals surface area contributed by atoms with Crippen molar-refractivity contribution in [3.05, 3.63) is 63.4 Å². The van der Waals surface area contributed by atoms with Gasteiger partial charge in [-0.25, -0.2) is 9.38 Å². The maximum atomic E-state index is 13.3. The lowest BCUT2D eigenvalue weighted by Crippen LogP contribution is -2.22. The zero-order chi connectivity index (χ0) is 15.4. The fourth-order valence-corrected chi connectivity index (χ4v) is 2.40. The summed E-state index contributed by atoms with van der Waals surface area (Å²) in [6, 6.07) is 10.6. The number of hydrogen-bond acceptors (Lipinski definition) is 1. The van der Waals surface area contributed by atoms with Crippen LogP contribution in [-0.2, 0) is 6.54 Å². The van der Waals surface area contributed by atoms with Crippen LogP contribution < -0.4 is 11.1 Å². The first-order valence-electron chi connectivity index (χ1n) is 6.53. The van der Waals surface area contributed by atoms with E-state index in [4.69, 9.17) is 5.73 Å². The van der Waals surface area contributed by atoms with E-state index >= 15 is 0 Å². The number of benzene rings is 2. The van der Waals surface area contributed by atoms with E-state index in [9.17, 15) is 4.39 Å². The van der Waals surface area contributed by atoms with E-state index in [0.717, 1.165) is 11.3 Å². The number of anilines is 1. The van der Waals surface area contributed by atoms with Crippen LogP contribution in [0.5, 0.6) is 0 Å². The van der Waals surface area contributed by atoms with Crippen LogP contribution >= 0.6 is 39.9 Å². The van der Waals surface area contributed by atoms with Gasteiger partial charge in [-0.2, -0.15) is 0 Å². The van der Waals surface area contributed by atoms with Crippen LogP contribution in [0.15, 0.2) is 45.9 Å². The summed E-state index contributed by atoms with van der Waals surface area (Å²) in [7, 11) is 0. The fourth-order valence-electron chi connectivity index (χ4n) is 1.89. The van der Waals surface area contributed by atoms with Crippen molar-refractivity contribution in [1.82, 2.24) is 0 Å². The molecule has 0 aliphatic heterocycles. The number of aryl methyl sites for hydroxylation is 2. The highest BCUT2D eigenvalue weighted by Gasteiger charge is 2.00. The number of halogens is 3. The first-order valence-corrected chi connectivity index (χ1v) is 7.32. The molecule has 0 unspecified atom stereocenters. The largest absolute Gasteiger partial charge is 0.370 e. The molecule has 2 aromatic carbocycles. The highest BCUT2D eigenvalue weighted by atomic mass is 127. The molecule has 0 aliphatic rings. The minimum absolute atomic E-state index is 0. The molecule has 0 heterocycles. The van der Waals surface area contributed by atoms with E-state index < -0.39 is 0 Å². The third-order valence-electron chi connectivity index (χ3n) is 3.13. The molecule has 0 amide bonds. The summed E-state index contributed by atoms with van der Waals surface area (Å²) in [6.07, 6.45) is 0. The summed E-state index contributed by atoms with van der Waals surface area (Å²) in [5.74, 6) is 0.00824. The number of nitrogens with zero attached hydrogens (tertiary/aromatic N) is 1. The normalized spacial score (nSPS) is 11.0. The molecule has 118 valence electrons. The standard InChI is InChI=1S/C16H17BrFN3.HI/c1-10-3-4-15(5-11(10)2)21-16(19)20-9-12-6-13(17)8-14(18)7-12;/h3-8H,9H2,1-2H3,(H3,19,20,21);1H. The predicted octanol–water partition coefficient (Wildman–Crippen LogP) is 4.75. The molecule has 0 atom stereocenters. The lowest BCUT2D eigenvalue weighted by Gasteiger charge is -2.08. The summed E-state index contributed by atoms with van der Waals surface area (Å²) in [6.45, 7) is 4.41. The fraction of sp³-hybridized carbons (Fsp3) is 0.188. The van der Waals surface area contributed by atoms with Gasteiger partial charge in [-0.05, 0) is 60.9 Å². The molecule has 2 aromatic rings. The Morgan fingerprint density at radius 2 is 1.91 bits per heavy atom. The molecule has 0 aromatic heterocycles. The molecular formula is C16H18BrFIN3. The van der Waals surface area contributed by atoms with Crippen LogP contribution in [-0.4, -0.2) is 5.96 Å². The maximum Gasteiger partial charge on any atom is 0.193 e. The van der Waals surface area contributed by atoms with Gasteiger partial charge in [-0.3, -0.25) is 0 Å². The van der Waals surface area contributed by atoms with Crippen LogP contribution in [0.4, 0.5) is 10.1 Å². The highest BCUT2D eigenvalue weighted by Crippen LogP contribution is 2.16. The molecule has 0 fully saturated rings. The Balaban J connectivity index is 0.00000242. The Morgan fingerprint density at radius 1 is 1.18 bits per heavy atom. The quantitative estimate of drug-likeness (QED) is 0.380. The Bertz CT molecular complexity index is 669. The lowest BCUT2D eigenvalue weighted by atomic mass is 10.1. The molecule has 0 saturated carbocycles. The zero-order valence-electron chi connectivity index (χ0n) is 12.4. The number of aliphatic imine (C=N–C) groups is 1. The molecule has 0 spiro atoms. The number of guanidine groups is 1. The third-order valence-corrected chi connectivity index (χ3v) is 3.59. The minimum Gasteiger partial charge on any atom is -0.370 e. The predicted molar refractivity (Wildman–Crippen MR) is 104 cm³/mol. The third kappa shape index (κ3) is 5.57. The van der Waals surface area contributed by atoms with E-state index in [0.29, 0.717) is 17.0 Å².